The normalized spacial score (nSPS) is 11.0. The van der Waals surface area contributed by atoms with Gasteiger partial charge in [-0.1, -0.05) is 42.0 Å². The molecular formula is C11H14ClNS. The van der Waals surface area contributed by atoms with E-state index in [-0.39, 0.29) is 0 Å². The second-order valence-corrected chi connectivity index (χ2v) is 4.25. The van der Waals surface area contributed by atoms with Crippen LogP contribution in [0.4, 0.5) is 0 Å². The Labute approximate surface area is 94.3 Å². The van der Waals surface area contributed by atoms with E-state index in [2.05, 4.69) is 12.1 Å². The molecule has 0 aliphatic carbocycles. The van der Waals surface area contributed by atoms with Gasteiger partial charge in [0.05, 0.1) is 0 Å². The summed E-state index contributed by atoms with van der Waals surface area (Å²) in [6, 6.07) is 7.94. The van der Waals surface area contributed by atoms with Gasteiger partial charge in [-0.05, 0) is 11.6 Å². The summed E-state index contributed by atoms with van der Waals surface area (Å²) >= 11 is 7.85. The topological polar surface area (TPSA) is 26.0 Å². The molecule has 3 heteroatoms. The van der Waals surface area contributed by atoms with Crippen LogP contribution in [0.25, 0.3) is 0 Å². The molecule has 0 aliphatic heterocycles. The van der Waals surface area contributed by atoms with Crippen LogP contribution in [-0.2, 0) is 5.75 Å². The lowest BCUT2D eigenvalue weighted by atomic mass is 10.2. The fraction of sp³-hybridized carbons (Fsp3) is 0.273. The van der Waals surface area contributed by atoms with Crippen LogP contribution in [0.1, 0.15) is 5.56 Å². The minimum Gasteiger partial charge on any atom is -0.327 e. The fourth-order valence-corrected chi connectivity index (χ4v) is 2.16. The minimum atomic E-state index is 0.618. The molecule has 0 saturated carbocycles. The monoisotopic (exact) mass is 227 g/mol. The van der Waals surface area contributed by atoms with E-state index in [0.29, 0.717) is 6.54 Å². The third-order valence-electron chi connectivity index (χ3n) is 1.73. The van der Waals surface area contributed by atoms with Crippen molar-refractivity contribution >= 4 is 23.4 Å². The van der Waals surface area contributed by atoms with E-state index in [1.807, 2.05) is 36.0 Å². The Hall–Kier alpha value is -0.440. The molecule has 2 N–H and O–H groups in total. The van der Waals surface area contributed by atoms with Gasteiger partial charge in [0.2, 0.25) is 0 Å². The van der Waals surface area contributed by atoms with Gasteiger partial charge in [0.25, 0.3) is 0 Å². The minimum absolute atomic E-state index is 0.618. The highest BCUT2D eigenvalue weighted by atomic mass is 35.5. The summed E-state index contributed by atoms with van der Waals surface area (Å²) in [4.78, 5) is 0. The standard InChI is InChI=1S/C11H14ClNS/c12-11-6-2-1-5-10(11)9-14-8-4-3-7-13/h1-6H,7-9,13H2/b4-3+. The Bertz CT molecular complexity index is 299. The molecular weight excluding hydrogens is 214 g/mol. The number of halogens is 1. The highest BCUT2D eigenvalue weighted by molar-refractivity contribution is 7.98. The second-order valence-electron chi connectivity index (χ2n) is 2.81. The summed E-state index contributed by atoms with van der Waals surface area (Å²) in [5, 5.41) is 0.850. The van der Waals surface area contributed by atoms with E-state index >= 15 is 0 Å². The summed E-state index contributed by atoms with van der Waals surface area (Å²) in [5.74, 6) is 1.94. The van der Waals surface area contributed by atoms with Crippen molar-refractivity contribution in [3.05, 3.63) is 47.0 Å². The molecule has 0 saturated heterocycles. The summed E-state index contributed by atoms with van der Waals surface area (Å²) < 4.78 is 0. The zero-order valence-electron chi connectivity index (χ0n) is 7.95. The van der Waals surface area contributed by atoms with E-state index in [1.54, 1.807) is 0 Å². The first-order valence-electron chi connectivity index (χ1n) is 4.51. The predicted octanol–water partition coefficient (Wildman–Crippen LogP) is 3.09. The second kappa shape index (κ2) is 6.93. The van der Waals surface area contributed by atoms with E-state index in [1.165, 1.54) is 5.56 Å². The van der Waals surface area contributed by atoms with Crippen molar-refractivity contribution in [1.29, 1.82) is 0 Å². The van der Waals surface area contributed by atoms with Gasteiger partial charge in [0.15, 0.2) is 0 Å². The van der Waals surface area contributed by atoms with Crippen LogP contribution in [0.3, 0.4) is 0 Å². The molecule has 1 aromatic carbocycles. The molecule has 1 nitrogen and oxygen atoms in total. The van der Waals surface area contributed by atoms with Crippen LogP contribution in [0, 0.1) is 0 Å². The van der Waals surface area contributed by atoms with E-state index in [9.17, 15) is 0 Å². The third kappa shape index (κ3) is 4.18. The van der Waals surface area contributed by atoms with Crippen LogP contribution in [0.2, 0.25) is 5.02 Å². The Balaban J connectivity index is 2.31. The van der Waals surface area contributed by atoms with Gasteiger partial charge in [-0.15, -0.1) is 0 Å². The Morgan fingerprint density at radius 1 is 1.29 bits per heavy atom. The molecule has 0 fully saturated rings. The van der Waals surface area contributed by atoms with Gasteiger partial charge < -0.3 is 5.73 Å². The van der Waals surface area contributed by atoms with Crippen LogP contribution in [0.5, 0.6) is 0 Å². The lowest BCUT2D eigenvalue weighted by Crippen LogP contribution is -1.92. The first-order valence-corrected chi connectivity index (χ1v) is 6.04. The largest absolute Gasteiger partial charge is 0.327 e. The average molecular weight is 228 g/mol. The number of nitrogens with two attached hydrogens (primary N) is 1. The number of hydrogen-bond donors (Lipinski definition) is 1. The van der Waals surface area contributed by atoms with Crippen molar-refractivity contribution in [2.45, 2.75) is 5.75 Å². The van der Waals surface area contributed by atoms with Crippen LogP contribution in [-0.4, -0.2) is 12.3 Å². The lowest BCUT2D eigenvalue weighted by molar-refractivity contribution is 1.25. The summed E-state index contributed by atoms with van der Waals surface area (Å²) in [6.45, 7) is 0.618. The predicted molar refractivity (Wildman–Crippen MR) is 65.8 cm³/mol. The van der Waals surface area contributed by atoms with Gasteiger partial charge in [-0.2, -0.15) is 11.8 Å². The molecule has 0 atom stereocenters. The van der Waals surface area contributed by atoms with Crippen LogP contribution < -0.4 is 5.73 Å². The maximum absolute atomic E-state index is 6.01. The van der Waals surface area contributed by atoms with Crippen molar-refractivity contribution < 1.29 is 0 Å². The molecule has 0 unspecified atom stereocenters. The number of benzene rings is 1. The number of hydrogen-bond acceptors (Lipinski definition) is 2. The highest BCUT2D eigenvalue weighted by Crippen LogP contribution is 2.20. The molecule has 1 rings (SSSR count). The molecule has 0 bridgehead atoms. The maximum Gasteiger partial charge on any atom is 0.0446 e. The first-order chi connectivity index (χ1) is 6.84. The summed E-state index contributed by atoms with van der Waals surface area (Å²) in [7, 11) is 0. The van der Waals surface area contributed by atoms with Crippen LogP contribution in [0.15, 0.2) is 36.4 Å². The Morgan fingerprint density at radius 3 is 2.79 bits per heavy atom. The molecule has 1 aromatic rings. The van der Waals surface area contributed by atoms with Crippen LogP contribution >= 0.6 is 23.4 Å². The van der Waals surface area contributed by atoms with Gasteiger partial charge in [-0.25, -0.2) is 0 Å². The molecule has 0 amide bonds. The van der Waals surface area contributed by atoms with E-state index in [4.69, 9.17) is 17.3 Å². The van der Waals surface area contributed by atoms with Crippen molar-refractivity contribution in [3.63, 3.8) is 0 Å². The zero-order chi connectivity index (χ0) is 10.2. The molecule has 0 spiro atoms. The average Bonchev–Trinajstić information content (AvgIpc) is 2.20. The summed E-state index contributed by atoms with van der Waals surface area (Å²) in [6.07, 6.45) is 4.06. The van der Waals surface area contributed by atoms with E-state index < -0.39 is 0 Å². The van der Waals surface area contributed by atoms with Crippen molar-refractivity contribution in [2.24, 2.45) is 5.73 Å². The van der Waals surface area contributed by atoms with Crippen molar-refractivity contribution in [3.8, 4) is 0 Å². The number of thioether (sulfide) groups is 1. The zero-order valence-corrected chi connectivity index (χ0v) is 9.52. The molecule has 0 radical (unpaired) electrons. The van der Waals surface area contributed by atoms with Gasteiger partial charge in [-0.3, -0.25) is 0 Å². The molecule has 0 aliphatic rings. The van der Waals surface area contributed by atoms with Crippen molar-refractivity contribution in [1.82, 2.24) is 0 Å². The Morgan fingerprint density at radius 2 is 2.07 bits per heavy atom. The fourth-order valence-electron chi connectivity index (χ4n) is 1.02. The molecule has 14 heavy (non-hydrogen) atoms. The lowest BCUT2D eigenvalue weighted by Gasteiger charge is -2.01. The quantitative estimate of drug-likeness (QED) is 0.618. The first kappa shape index (κ1) is 11.6. The van der Waals surface area contributed by atoms with Crippen molar-refractivity contribution in [2.75, 3.05) is 12.3 Å². The van der Waals surface area contributed by atoms with Gasteiger partial charge in [0.1, 0.15) is 0 Å². The summed E-state index contributed by atoms with van der Waals surface area (Å²) in [5.41, 5.74) is 6.52. The molecule has 0 heterocycles. The Kier molecular flexibility index (Phi) is 5.76. The van der Waals surface area contributed by atoms with Gasteiger partial charge >= 0.3 is 0 Å². The maximum atomic E-state index is 6.01. The SMILES string of the molecule is NC/C=C/CSCc1ccccc1Cl. The highest BCUT2D eigenvalue weighted by Gasteiger charge is 1.96. The molecule has 0 aromatic heterocycles. The smallest absolute Gasteiger partial charge is 0.0446 e. The van der Waals surface area contributed by atoms with E-state index in [0.717, 1.165) is 16.5 Å². The molecule has 76 valence electrons. The van der Waals surface area contributed by atoms with Gasteiger partial charge in [0, 0.05) is 23.1 Å². The third-order valence-corrected chi connectivity index (χ3v) is 3.04. The number of rotatable bonds is 5.